The van der Waals surface area contributed by atoms with Crippen molar-refractivity contribution in [3.63, 3.8) is 0 Å². The van der Waals surface area contributed by atoms with Crippen molar-refractivity contribution in [1.82, 2.24) is 14.7 Å². The van der Waals surface area contributed by atoms with Crippen molar-refractivity contribution in [1.29, 1.82) is 0 Å². The molecule has 6 bridgehead atoms. The zero-order chi connectivity index (χ0) is 43.6. The Labute approximate surface area is 486 Å². The summed E-state index contributed by atoms with van der Waals surface area (Å²) in [5, 5.41) is 0. The van der Waals surface area contributed by atoms with E-state index in [4.69, 9.17) is 69.6 Å². The SMILES string of the molecule is ClC(Cl)Cl.ClC[N+]12CCN(CC1)CC2.ClC[N+]12CCN(CC1)CC2.ClC[N+]12CCN(CC1)CC2.Fc1c(I)c(F)c(I)c(F)c1I.Fc1c(I)c(F)c(I)c(F)c1I.[Cl-].[Cl-].[Cl-]. The Bertz CT molecular complexity index is 1270. The second-order valence-electron chi connectivity index (χ2n) is 14.4. The smallest absolute Gasteiger partial charge is 0.180 e. The van der Waals surface area contributed by atoms with Gasteiger partial charge in [0.2, 0.25) is 0 Å². The monoisotopic (exact) mass is 1730 g/mol. The predicted molar refractivity (Wildman–Crippen MR) is 276 cm³/mol. The lowest BCUT2D eigenvalue weighted by Gasteiger charge is -2.49. The summed E-state index contributed by atoms with van der Waals surface area (Å²) in [6.07, 6.45) is 0. The largest absolute Gasteiger partial charge is 1.00 e. The molecule has 9 heterocycles. The normalized spacial score (nSPS) is 27.3. The van der Waals surface area contributed by atoms with Gasteiger partial charge in [-0.3, -0.25) is 14.7 Å². The fraction of sp³-hybridized carbons (Fsp3) is 0.647. The van der Waals surface area contributed by atoms with Gasteiger partial charge < -0.3 is 50.7 Å². The van der Waals surface area contributed by atoms with Crippen LogP contribution in [0.25, 0.3) is 0 Å². The molecule has 2 aromatic rings. The van der Waals surface area contributed by atoms with Crippen LogP contribution in [0.1, 0.15) is 0 Å². The molecule has 0 radical (unpaired) electrons. The molecule has 0 aliphatic carbocycles. The van der Waals surface area contributed by atoms with E-state index in [1.54, 1.807) is 0 Å². The zero-order valence-corrected chi connectivity index (χ0v) is 51.8. The molecular weight excluding hydrogens is 1690 g/mol. The average Bonchev–Trinajstić information content (AvgIpc) is 3.27. The van der Waals surface area contributed by atoms with Crippen LogP contribution >= 0.6 is 205 Å². The highest BCUT2D eigenvalue weighted by atomic mass is 127. The van der Waals surface area contributed by atoms with Gasteiger partial charge in [0.15, 0.2) is 57.2 Å². The minimum absolute atomic E-state index is 0. The van der Waals surface area contributed by atoms with Crippen LogP contribution in [0.4, 0.5) is 26.3 Å². The Kier molecular flexibility index (Phi) is 33.7. The summed E-state index contributed by atoms with van der Waals surface area (Å²) in [7, 11) is 0. The second kappa shape index (κ2) is 31.3. The van der Waals surface area contributed by atoms with E-state index < -0.39 is 39.2 Å². The van der Waals surface area contributed by atoms with E-state index in [0.717, 1.165) is 18.0 Å². The molecule has 61 heavy (non-hydrogen) atoms. The van der Waals surface area contributed by atoms with Crippen molar-refractivity contribution in [3.05, 3.63) is 56.3 Å². The maximum absolute atomic E-state index is 12.9. The lowest BCUT2D eigenvalue weighted by atomic mass is 10.2. The number of piperazine rings is 9. The third-order valence-corrected chi connectivity index (χ3v) is 18.3. The van der Waals surface area contributed by atoms with E-state index >= 15 is 0 Å². The molecule has 0 saturated carbocycles. The van der Waals surface area contributed by atoms with Crippen molar-refractivity contribution < 1.29 is 77.0 Å². The molecule has 6 nitrogen and oxygen atoms in total. The van der Waals surface area contributed by atoms with Crippen LogP contribution in [0.3, 0.4) is 0 Å². The maximum Gasteiger partial charge on any atom is 0.180 e. The minimum Gasteiger partial charge on any atom is -1.00 e. The van der Waals surface area contributed by atoms with E-state index in [0.29, 0.717) is 0 Å². The van der Waals surface area contributed by atoms with E-state index in [-0.39, 0.29) is 58.6 Å². The van der Waals surface area contributed by atoms with Crippen molar-refractivity contribution in [2.75, 3.05) is 136 Å². The van der Waals surface area contributed by atoms with Crippen LogP contribution < -0.4 is 37.2 Å². The summed E-state index contributed by atoms with van der Waals surface area (Å²) in [4.78, 5) is 7.60. The van der Waals surface area contributed by atoms with Crippen LogP contribution in [0.15, 0.2) is 0 Å². The van der Waals surface area contributed by atoms with E-state index in [1.807, 2.05) is 0 Å². The molecule has 356 valence electrons. The molecule has 9 fully saturated rings. The minimum atomic E-state index is -0.827. The van der Waals surface area contributed by atoms with Crippen LogP contribution in [-0.2, 0) is 0 Å². The van der Waals surface area contributed by atoms with Crippen LogP contribution in [0, 0.1) is 56.3 Å². The second-order valence-corrected chi connectivity index (χ2v) is 23.6. The summed E-state index contributed by atoms with van der Waals surface area (Å²) >= 11 is 41.2. The van der Waals surface area contributed by atoms with Gasteiger partial charge in [0.05, 0.1) is 80.3 Å². The number of hydrogen-bond acceptors (Lipinski definition) is 3. The molecule has 0 atom stereocenters. The highest BCUT2D eigenvalue weighted by Gasteiger charge is 2.39. The Morgan fingerprint density at radius 3 is 0.557 bits per heavy atom. The topological polar surface area (TPSA) is 9.72 Å². The quantitative estimate of drug-likeness (QED) is 0.0886. The third-order valence-electron chi connectivity index (χ3n) is 11.1. The van der Waals surface area contributed by atoms with Gasteiger partial charge in [-0.2, -0.15) is 0 Å². The summed E-state index contributed by atoms with van der Waals surface area (Å²) < 4.78 is 79.4. The summed E-state index contributed by atoms with van der Waals surface area (Å²) in [6, 6.07) is 2.48. The molecule has 0 N–H and O–H groups in total. The van der Waals surface area contributed by atoms with Gasteiger partial charge in [-0.1, -0.05) is 69.6 Å². The van der Waals surface area contributed by atoms with Gasteiger partial charge >= 0.3 is 0 Å². The lowest BCUT2D eigenvalue weighted by Crippen LogP contribution is -3.00. The van der Waals surface area contributed by atoms with E-state index in [2.05, 4.69) is 14.7 Å². The first kappa shape index (κ1) is 65.8. The van der Waals surface area contributed by atoms with Crippen molar-refractivity contribution in [3.8, 4) is 0 Å². The lowest BCUT2D eigenvalue weighted by molar-refractivity contribution is -0.930. The van der Waals surface area contributed by atoms with Crippen molar-refractivity contribution >= 4 is 205 Å². The van der Waals surface area contributed by atoms with Crippen LogP contribution in [0.2, 0.25) is 0 Å². The summed E-state index contributed by atoms with van der Waals surface area (Å²) in [5.41, 5.74) is 0. The summed E-state index contributed by atoms with van der Waals surface area (Å²) in [6.45, 7) is 23.0. The first-order chi connectivity index (χ1) is 27.2. The zero-order valence-electron chi connectivity index (χ0n) is 32.0. The fourth-order valence-electron chi connectivity index (χ4n) is 6.89. The van der Waals surface area contributed by atoms with Crippen molar-refractivity contribution in [2.45, 2.75) is 4.30 Å². The predicted octanol–water partition coefficient (Wildman–Crippen LogP) is 1.82. The van der Waals surface area contributed by atoms with Gasteiger partial charge in [-0.05, 0) is 136 Å². The highest BCUT2D eigenvalue weighted by molar-refractivity contribution is 14.1. The molecule has 0 aromatic heterocycles. The molecule has 0 unspecified atom stereocenters. The fourth-order valence-corrected chi connectivity index (χ4v) is 14.3. The Morgan fingerprint density at radius 2 is 0.475 bits per heavy atom. The molecule has 9 aliphatic heterocycles. The number of rotatable bonds is 3. The Morgan fingerprint density at radius 1 is 0.361 bits per heavy atom. The third kappa shape index (κ3) is 19.0. The molecule has 9 aliphatic rings. The molecule has 2 aromatic carbocycles. The van der Waals surface area contributed by atoms with Gasteiger partial charge in [0.25, 0.3) is 0 Å². The van der Waals surface area contributed by atoms with Gasteiger partial charge in [0.1, 0.15) is 0 Å². The summed E-state index contributed by atoms with van der Waals surface area (Å²) in [5.74, 6) is -4.96. The first-order valence-corrected chi connectivity index (χ1v) is 27.3. The van der Waals surface area contributed by atoms with Crippen molar-refractivity contribution in [2.24, 2.45) is 0 Å². The molecule has 9 saturated heterocycles. The number of fused-ring (bicyclic) bond motifs is 9. The van der Waals surface area contributed by atoms with Gasteiger partial charge in [0, 0.05) is 58.9 Å². The number of benzene rings is 2. The standard InChI is InChI=1S/3C7H14ClN2.2C6F3I3.CHCl3.3ClH/c3*8-7-10-4-1-9(2-5-10)3-6-10;2*7-1-4(10)2(8)6(12)3(9)5(1)11;2-1(3)4;;;/h3*1-7H2;;;1H;3*1H/q3*+1;;;;;;/p-3. The number of nitrogens with zero attached hydrogens (tertiary/aromatic N) is 6. The van der Waals surface area contributed by atoms with Crippen LogP contribution in [-0.4, -0.2) is 168 Å². The molecule has 27 heteroatoms. The maximum atomic E-state index is 12.9. The number of quaternary nitrogens is 3. The Hall–Kier alpha value is 4.77. The number of halogens is 21. The average molecular weight is 1730 g/mol. The van der Waals surface area contributed by atoms with Gasteiger partial charge in [-0.15, -0.1) is 0 Å². The van der Waals surface area contributed by atoms with Crippen LogP contribution in [0.5, 0.6) is 0 Å². The molecule has 0 amide bonds. The first-order valence-electron chi connectivity index (χ1n) is 17.9. The highest BCUT2D eigenvalue weighted by Crippen LogP contribution is 2.30. The van der Waals surface area contributed by atoms with E-state index in [9.17, 15) is 26.3 Å². The number of hydrogen-bond donors (Lipinski definition) is 0. The van der Waals surface area contributed by atoms with E-state index in [1.165, 1.54) is 267 Å². The molecular formula is C34H43Cl9F6I6N6. The molecule has 0 spiro atoms. The number of alkyl halides is 6. The molecule has 11 rings (SSSR count). The van der Waals surface area contributed by atoms with Gasteiger partial charge in [-0.25, -0.2) is 26.3 Å². The Balaban J connectivity index is 0.000000714.